The number of aliphatic hydroxyl groups is 1. The van der Waals surface area contributed by atoms with Gasteiger partial charge in [0.2, 0.25) is 5.91 Å². The fraction of sp³-hybridized carbons (Fsp3) is 0.500. The number of anilines is 1. The lowest BCUT2D eigenvalue weighted by Crippen LogP contribution is -2.45. The first-order valence-electron chi connectivity index (χ1n) is 10.4. The highest BCUT2D eigenvalue weighted by Crippen LogP contribution is 2.33. The summed E-state index contributed by atoms with van der Waals surface area (Å²) in [5, 5.41) is 19.6. The number of rotatable bonds is 8. The van der Waals surface area contributed by atoms with Gasteiger partial charge in [-0.1, -0.05) is 68.1 Å². The van der Waals surface area contributed by atoms with Gasteiger partial charge in [-0.15, -0.1) is 0 Å². The van der Waals surface area contributed by atoms with Gasteiger partial charge in [0, 0.05) is 12.0 Å². The first-order chi connectivity index (χ1) is 14.1. The van der Waals surface area contributed by atoms with E-state index in [1.165, 1.54) is 19.3 Å². The highest BCUT2D eigenvalue weighted by Gasteiger charge is 2.26. The molecule has 2 atom stereocenters. The van der Waals surface area contributed by atoms with E-state index in [1.54, 1.807) is 36.4 Å². The molecule has 1 heterocycles. The molecule has 156 valence electrons. The van der Waals surface area contributed by atoms with Gasteiger partial charge in [0.15, 0.2) is 11.9 Å². The maximum absolute atomic E-state index is 12.7. The molecule has 29 heavy (non-hydrogen) atoms. The van der Waals surface area contributed by atoms with Crippen LogP contribution in [0.2, 0.25) is 0 Å². The van der Waals surface area contributed by atoms with Crippen LogP contribution < -0.4 is 10.6 Å². The van der Waals surface area contributed by atoms with Crippen LogP contribution in [0.5, 0.6) is 0 Å². The molecule has 0 radical (unpaired) electrons. The third kappa shape index (κ3) is 5.67. The SMILES string of the molecule is CCCC(NC(=O)C(O)c1ccccc1)C(=O)Nc1cc(C2CCCCC2)on1. The Morgan fingerprint density at radius 2 is 1.90 bits per heavy atom. The molecule has 3 rings (SSSR count). The molecular formula is C22H29N3O4. The van der Waals surface area contributed by atoms with Gasteiger partial charge in [-0.3, -0.25) is 9.59 Å². The van der Waals surface area contributed by atoms with E-state index in [1.807, 2.05) is 6.92 Å². The van der Waals surface area contributed by atoms with E-state index in [0.29, 0.717) is 30.1 Å². The summed E-state index contributed by atoms with van der Waals surface area (Å²) in [5.41, 5.74) is 0.481. The van der Waals surface area contributed by atoms with Gasteiger partial charge >= 0.3 is 0 Å². The van der Waals surface area contributed by atoms with Crippen LogP contribution in [-0.4, -0.2) is 28.1 Å². The summed E-state index contributed by atoms with van der Waals surface area (Å²) in [5.74, 6) is 0.538. The number of carbonyl (C=O) groups is 2. The molecule has 1 aromatic carbocycles. The first kappa shape index (κ1) is 21.0. The van der Waals surface area contributed by atoms with Crippen molar-refractivity contribution >= 4 is 17.6 Å². The Morgan fingerprint density at radius 1 is 1.17 bits per heavy atom. The Balaban J connectivity index is 1.60. The number of aliphatic hydroxyl groups excluding tert-OH is 1. The molecule has 1 fully saturated rings. The van der Waals surface area contributed by atoms with Gasteiger partial charge in [0.1, 0.15) is 11.8 Å². The lowest BCUT2D eigenvalue weighted by Gasteiger charge is -2.19. The number of aromatic nitrogens is 1. The van der Waals surface area contributed by atoms with Crippen molar-refractivity contribution in [3.05, 3.63) is 47.7 Å². The van der Waals surface area contributed by atoms with Crippen molar-refractivity contribution < 1.29 is 19.2 Å². The van der Waals surface area contributed by atoms with Crippen LogP contribution in [0.3, 0.4) is 0 Å². The highest BCUT2D eigenvalue weighted by atomic mass is 16.5. The predicted octanol–water partition coefficient (Wildman–Crippen LogP) is 3.68. The second-order valence-electron chi connectivity index (χ2n) is 7.60. The normalized spacial score (nSPS) is 16.8. The third-order valence-corrected chi connectivity index (χ3v) is 5.36. The van der Waals surface area contributed by atoms with Crippen molar-refractivity contribution in [1.82, 2.24) is 10.5 Å². The summed E-state index contributed by atoms with van der Waals surface area (Å²) in [7, 11) is 0. The highest BCUT2D eigenvalue weighted by molar-refractivity contribution is 5.97. The second-order valence-corrected chi connectivity index (χ2v) is 7.60. The van der Waals surface area contributed by atoms with E-state index in [9.17, 15) is 14.7 Å². The zero-order chi connectivity index (χ0) is 20.6. The van der Waals surface area contributed by atoms with Gasteiger partial charge in [-0.25, -0.2) is 0 Å². The number of hydrogen-bond donors (Lipinski definition) is 3. The zero-order valence-corrected chi connectivity index (χ0v) is 16.8. The Morgan fingerprint density at radius 3 is 2.59 bits per heavy atom. The molecule has 2 amide bonds. The van der Waals surface area contributed by atoms with E-state index in [4.69, 9.17) is 4.52 Å². The average Bonchev–Trinajstić information content (AvgIpc) is 3.22. The minimum Gasteiger partial charge on any atom is -0.378 e. The van der Waals surface area contributed by atoms with E-state index < -0.39 is 18.1 Å². The van der Waals surface area contributed by atoms with E-state index >= 15 is 0 Å². The van der Waals surface area contributed by atoms with Crippen molar-refractivity contribution in [3.8, 4) is 0 Å². The summed E-state index contributed by atoms with van der Waals surface area (Å²) in [6, 6.07) is 9.65. The van der Waals surface area contributed by atoms with Crippen LogP contribution in [-0.2, 0) is 9.59 Å². The Labute approximate surface area is 170 Å². The van der Waals surface area contributed by atoms with E-state index in [0.717, 1.165) is 18.6 Å². The number of amides is 2. The second kappa shape index (κ2) is 10.2. The number of benzene rings is 1. The predicted molar refractivity (Wildman–Crippen MR) is 109 cm³/mol. The fourth-order valence-electron chi connectivity index (χ4n) is 3.74. The van der Waals surface area contributed by atoms with Gasteiger partial charge in [0.25, 0.3) is 5.91 Å². The molecule has 1 aromatic heterocycles. The summed E-state index contributed by atoms with van der Waals surface area (Å²) < 4.78 is 5.43. The molecular weight excluding hydrogens is 370 g/mol. The average molecular weight is 399 g/mol. The number of nitrogens with one attached hydrogen (secondary N) is 2. The van der Waals surface area contributed by atoms with Gasteiger partial charge in [-0.2, -0.15) is 0 Å². The van der Waals surface area contributed by atoms with E-state index in [-0.39, 0.29) is 5.91 Å². The molecule has 0 aliphatic heterocycles. The summed E-state index contributed by atoms with van der Waals surface area (Å²) in [6.45, 7) is 1.93. The Hall–Kier alpha value is -2.67. The molecule has 2 unspecified atom stereocenters. The standard InChI is InChI=1S/C22H29N3O4/c1-2-9-17(23-22(28)20(26)16-12-7-4-8-13-16)21(27)24-19-14-18(29-25-19)15-10-5-3-6-11-15/h4,7-8,12-15,17,20,26H,2-3,5-6,9-11H2,1H3,(H,23,28)(H,24,25,27). The topological polar surface area (TPSA) is 104 Å². The number of carbonyl (C=O) groups excluding carboxylic acids is 2. The molecule has 0 spiro atoms. The number of hydrogen-bond acceptors (Lipinski definition) is 5. The zero-order valence-electron chi connectivity index (χ0n) is 16.8. The largest absolute Gasteiger partial charge is 0.378 e. The quantitative estimate of drug-likeness (QED) is 0.628. The van der Waals surface area contributed by atoms with E-state index in [2.05, 4.69) is 15.8 Å². The minimum absolute atomic E-state index is 0.356. The van der Waals surface area contributed by atoms with Crippen molar-refractivity contribution in [1.29, 1.82) is 0 Å². The lowest BCUT2D eigenvalue weighted by molar-refractivity contribution is -0.133. The minimum atomic E-state index is -1.33. The van der Waals surface area contributed by atoms with Crippen molar-refractivity contribution in [2.75, 3.05) is 5.32 Å². The summed E-state index contributed by atoms with van der Waals surface area (Å²) >= 11 is 0. The molecule has 2 aromatic rings. The molecule has 0 bridgehead atoms. The third-order valence-electron chi connectivity index (χ3n) is 5.36. The number of nitrogens with zero attached hydrogens (tertiary/aromatic N) is 1. The van der Waals surface area contributed by atoms with Crippen molar-refractivity contribution in [2.24, 2.45) is 0 Å². The summed E-state index contributed by atoms with van der Waals surface area (Å²) in [6.07, 6.45) is 5.60. The maximum atomic E-state index is 12.7. The molecule has 1 aliphatic rings. The van der Waals surface area contributed by atoms with Crippen LogP contribution in [0.4, 0.5) is 5.82 Å². The Kier molecular flexibility index (Phi) is 7.41. The van der Waals surface area contributed by atoms with Crippen LogP contribution >= 0.6 is 0 Å². The maximum Gasteiger partial charge on any atom is 0.254 e. The van der Waals surface area contributed by atoms with Crippen LogP contribution in [0, 0.1) is 0 Å². The monoisotopic (exact) mass is 399 g/mol. The molecule has 7 heteroatoms. The smallest absolute Gasteiger partial charge is 0.254 e. The van der Waals surface area contributed by atoms with Gasteiger partial charge in [0.05, 0.1) is 0 Å². The Bertz CT molecular complexity index is 799. The molecule has 0 saturated heterocycles. The molecule has 3 N–H and O–H groups in total. The van der Waals surface area contributed by atoms with Crippen LogP contribution in [0.25, 0.3) is 0 Å². The van der Waals surface area contributed by atoms with Crippen molar-refractivity contribution in [3.63, 3.8) is 0 Å². The molecule has 1 saturated carbocycles. The summed E-state index contributed by atoms with van der Waals surface area (Å²) in [4.78, 5) is 25.1. The molecule has 7 nitrogen and oxygen atoms in total. The lowest BCUT2D eigenvalue weighted by atomic mass is 9.87. The van der Waals surface area contributed by atoms with Crippen LogP contribution in [0.15, 0.2) is 40.9 Å². The van der Waals surface area contributed by atoms with Crippen LogP contribution in [0.1, 0.15) is 75.2 Å². The first-order valence-corrected chi connectivity index (χ1v) is 10.4. The molecule has 1 aliphatic carbocycles. The van der Waals surface area contributed by atoms with Gasteiger partial charge in [-0.05, 0) is 24.8 Å². The van der Waals surface area contributed by atoms with Gasteiger partial charge < -0.3 is 20.3 Å². The fourth-order valence-corrected chi connectivity index (χ4v) is 3.74. The van der Waals surface area contributed by atoms with Crippen molar-refractivity contribution in [2.45, 2.75) is 69.9 Å².